The predicted octanol–water partition coefficient (Wildman–Crippen LogP) is 9.24. The van der Waals surface area contributed by atoms with E-state index in [1.54, 1.807) is 27.7 Å². The number of ether oxygens (including phenoxy) is 14. The maximum absolute atomic E-state index is 11.7. The van der Waals surface area contributed by atoms with Crippen molar-refractivity contribution in [3.8, 4) is 0 Å². The van der Waals surface area contributed by atoms with E-state index >= 15 is 0 Å². The van der Waals surface area contributed by atoms with Gasteiger partial charge in [-0.15, -0.1) is 0 Å². The Morgan fingerprint density at radius 1 is 0.427 bits per heavy atom. The summed E-state index contributed by atoms with van der Waals surface area (Å²) in [5, 5.41) is 0. The lowest BCUT2D eigenvalue weighted by molar-refractivity contribution is -0.149. The van der Waals surface area contributed by atoms with Crippen LogP contribution in [-0.2, 0) is 75.9 Å². The van der Waals surface area contributed by atoms with Gasteiger partial charge in [0.1, 0.15) is 36.9 Å². The Kier molecular flexibility index (Phi) is 26.7. The van der Waals surface area contributed by atoms with E-state index in [4.69, 9.17) is 66.3 Å². The second-order valence-corrected chi connectivity index (χ2v) is 21.2. The lowest BCUT2D eigenvalue weighted by Crippen LogP contribution is -2.30. The molecule has 16 nitrogen and oxygen atoms in total. The molecule has 0 amide bonds. The number of fused-ring (bicyclic) bond motifs is 5. The second kappa shape index (κ2) is 31.5. The average molecular weight is 1060 g/mol. The van der Waals surface area contributed by atoms with Crippen molar-refractivity contribution in [2.45, 2.75) is 177 Å². The monoisotopic (exact) mass is 1060 g/mol. The van der Waals surface area contributed by atoms with Crippen LogP contribution in [-0.4, -0.2) is 164 Å². The van der Waals surface area contributed by atoms with Crippen molar-refractivity contribution in [2.75, 3.05) is 79.3 Å². The molecule has 4 aliphatic rings. The van der Waals surface area contributed by atoms with Gasteiger partial charge in [0.05, 0.1) is 127 Å². The maximum atomic E-state index is 11.7. The molecule has 0 aliphatic heterocycles. The van der Waals surface area contributed by atoms with Crippen LogP contribution in [0.5, 0.6) is 0 Å². The quantitative estimate of drug-likeness (QED) is 0.0420. The summed E-state index contributed by atoms with van der Waals surface area (Å²) in [4.78, 5) is 23.4. The number of carbonyl (C=O) groups excluding carboxylic acids is 2. The fourth-order valence-corrected chi connectivity index (χ4v) is 8.32. The van der Waals surface area contributed by atoms with E-state index in [1.807, 2.05) is 69.2 Å². The third-order valence-corrected chi connectivity index (χ3v) is 12.8. The van der Waals surface area contributed by atoms with E-state index in [0.717, 1.165) is 11.5 Å². The molecule has 4 bridgehead atoms. The van der Waals surface area contributed by atoms with Gasteiger partial charge in [0.2, 0.25) is 0 Å². The summed E-state index contributed by atoms with van der Waals surface area (Å²) in [6.45, 7) is 40.6. The zero-order valence-electron chi connectivity index (χ0n) is 47.9. The first kappa shape index (κ1) is 63.6. The van der Waals surface area contributed by atoms with Gasteiger partial charge in [0.25, 0.3) is 0 Å². The molecule has 16 heteroatoms. The minimum atomic E-state index is -0.426. The average Bonchev–Trinajstić information content (AvgIpc) is 4.12. The van der Waals surface area contributed by atoms with Gasteiger partial charge in [-0.05, 0) is 120 Å². The highest BCUT2D eigenvalue weighted by atomic mass is 16.6. The lowest BCUT2D eigenvalue weighted by atomic mass is 9.69. The Labute approximate surface area is 448 Å². The molecule has 0 N–H and O–H groups in total. The first-order valence-electron chi connectivity index (χ1n) is 26.9. The molecule has 75 heavy (non-hydrogen) atoms. The number of hydrogen-bond donors (Lipinski definition) is 0. The van der Waals surface area contributed by atoms with Crippen LogP contribution in [0.25, 0.3) is 0 Å². The zero-order chi connectivity index (χ0) is 55.4. The van der Waals surface area contributed by atoms with Gasteiger partial charge in [0.15, 0.2) is 0 Å². The molecular formula is C59H92O16. The minimum absolute atomic E-state index is 0.130. The molecule has 0 spiro atoms. The first-order valence-corrected chi connectivity index (χ1v) is 26.9. The minimum Gasteiger partial charge on any atom is -0.491 e. The third-order valence-electron chi connectivity index (χ3n) is 12.8. The van der Waals surface area contributed by atoms with Crippen LogP contribution < -0.4 is 0 Å². The van der Waals surface area contributed by atoms with Gasteiger partial charge >= 0.3 is 11.9 Å². The summed E-state index contributed by atoms with van der Waals surface area (Å²) in [5.74, 6) is 1.05. The van der Waals surface area contributed by atoms with Crippen LogP contribution in [0.4, 0.5) is 0 Å². The molecule has 0 saturated carbocycles. The Morgan fingerprint density at radius 2 is 0.733 bits per heavy atom. The SMILES string of the molecule is C=C(C)C(=O)OC(C)COC(C)COC(C)COC(C)COC(C)COC(C)COC1=CC2=CC=C1C2C1(C)C2=CC=C1C(OCC(C)OCC(C)OCC(C)OCC(C)OCC(C)OCC(C)OC(=O)C(=C)C)=C2. The maximum Gasteiger partial charge on any atom is 0.333 e. The van der Waals surface area contributed by atoms with Crippen LogP contribution >= 0.6 is 0 Å². The molecule has 0 aromatic rings. The van der Waals surface area contributed by atoms with Gasteiger partial charge < -0.3 is 66.3 Å². The summed E-state index contributed by atoms with van der Waals surface area (Å²) in [7, 11) is 0. The van der Waals surface area contributed by atoms with E-state index in [0.29, 0.717) is 77.2 Å². The standard InChI is InChI=1S/C59H92O16/c1-36(2)57(60)74-48(15)34-70-44(11)30-66-40(7)26-62-38(5)24-64-42(9)28-68-46(13)32-72-54-22-50-18-20-52(54)56(50)59(17)51-19-21-53(59)55(23-51)73-33-47(14)69-29-43(10)65-25-39(6)63-27-41(8)67-31-45(12)71-35-49(16)75-58(61)37(3)4/h18-23,38-49,56H,1,3,24-35H2,2,4-17H3. The topological polar surface area (TPSA) is 163 Å². The fourth-order valence-electron chi connectivity index (χ4n) is 8.32. The largest absolute Gasteiger partial charge is 0.491 e. The van der Waals surface area contributed by atoms with Crippen LogP contribution in [0.3, 0.4) is 0 Å². The van der Waals surface area contributed by atoms with Gasteiger partial charge in [-0.25, -0.2) is 9.59 Å². The molecule has 0 aromatic carbocycles. The fraction of sp³-hybridized carbons (Fsp3) is 0.695. The van der Waals surface area contributed by atoms with E-state index in [1.165, 1.54) is 22.3 Å². The molecular weight excluding hydrogens is 965 g/mol. The van der Waals surface area contributed by atoms with E-state index in [-0.39, 0.29) is 97.8 Å². The Balaban J connectivity index is 1.05. The molecule has 424 valence electrons. The van der Waals surface area contributed by atoms with Crippen LogP contribution in [0, 0.1) is 11.3 Å². The molecule has 0 heterocycles. The highest BCUT2D eigenvalue weighted by Gasteiger charge is 2.54. The Bertz CT molecular complexity index is 2050. The molecule has 0 fully saturated rings. The summed E-state index contributed by atoms with van der Waals surface area (Å²) in [5.41, 5.74) is 5.24. The summed E-state index contributed by atoms with van der Waals surface area (Å²) >= 11 is 0. The number of esters is 2. The van der Waals surface area contributed by atoms with E-state index < -0.39 is 11.9 Å². The number of carbonyl (C=O) groups is 2. The van der Waals surface area contributed by atoms with Crippen molar-refractivity contribution in [1.29, 1.82) is 0 Å². The van der Waals surface area contributed by atoms with Crippen molar-refractivity contribution >= 4 is 11.9 Å². The molecule has 14 unspecified atom stereocenters. The van der Waals surface area contributed by atoms with Crippen LogP contribution in [0.2, 0.25) is 0 Å². The predicted molar refractivity (Wildman–Crippen MR) is 287 cm³/mol. The van der Waals surface area contributed by atoms with Crippen molar-refractivity contribution in [2.24, 2.45) is 11.3 Å². The van der Waals surface area contributed by atoms with Gasteiger partial charge in [-0.1, -0.05) is 44.4 Å². The molecule has 0 radical (unpaired) electrons. The number of hydrogen-bond acceptors (Lipinski definition) is 16. The smallest absolute Gasteiger partial charge is 0.333 e. The van der Waals surface area contributed by atoms with Crippen LogP contribution in [0.1, 0.15) is 104 Å². The van der Waals surface area contributed by atoms with Crippen molar-refractivity contribution in [1.82, 2.24) is 0 Å². The molecule has 4 aliphatic carbocycles. The van der Waals surface area contributed by atoms with E-state index in [9.17, 15) is 9.59 Å². The second-order valence-electron chi connectivity index (χ2n) is 21.2. The lowest BCUT2D eigenvalue weighted by Gasteiger charge is -2.33. The van der Waals surface area contributed by atoms with E-state index in [2.05, 4.69) is 56.5 Å². The van der Waals surface area contributed by atoms with Crippen molar-refractivity contribution < 1.29 is 75.9 Å². The summed E-state index contributed by atoms with van der Waals surface area (Å²) < 4.78 is 83.1. The first-order chi connectivity index (χ1) is 35.5. The molecule has 0 saturated heterocycles. The molecule has 14 atom stereocenters. The summed E-state index contributed by atoms with van der Waals surface area (Å²) in [6, 6.07) is 0. The zero-order valence-corrected chi connectivity index (χ0v) is 47.9. The van der Waals surface area contributed by atoms with Crippen molar-refractivity contribution in [3.05, 3.63) is 94.6 Å². The molecule has 0 aromatic heterocycles. The normalized spacial score (nSPS) is 22.4. The number of allylic oxidation sites excluding steroid dienone is 10. The summed E-state index contributed by atoms with van der Waals surface area (Å²) in [6.07, 6.45) is 10.9. The molecule has 4 rings (SSSR count). The highest BCUT2D eigenvalue weighted by molar-refractivity contribution is 5.87. The van der Waals surface area contributed by atoms with Crippen molar-refractivity contribution in [3.63, 3.8) is 0 Å². The third kappa shape index (κ3) is 21.1. The van der Waals surface area contributed by atoms with Gasteiger partial charge in [-0.3, -0.25) is 0 Å². The highest BCUT2D eigenvalue weighted by Crippen LogP contribution is 2.62. The number of rotatable bonds is 41. The van der Waals surface area contributed by atoms with Crippen LogP contribution in [0.15, 0.2) is 94.6 Å². The Hall–Kier alpha value is -3.94. The van der Waals surface area contributed by atoms with Gasteiger partial charge in [-0.2, -0.15) is 0 Å². The Morgan fingerprint density at radius 3 is 1.07 bits per heavy atom. The van der Waals surface area contributed by atoms with Gasteiger partial charge in [0, 0.05) is 33.6 Å².